The van der Waals surface area contributed by atoms with Crippen molar-refractivity contribution in [3.8, 4) is 0 Å². The van der Waals surface area contributed by atoms with Gasteiger partial charge in [0, 0.05) is 5.75 Å². The summed E-state index contributed by atoms with van der Waals surface area (Å²) in [5.74, 6) is 1.14. The van der Waals surface area contributed by atoms with Crippen LogP contribution in [0.4, 0.5) is 0 Å². The lowest BCUT2D eigenvalue weighted by molar-refractivity contribution is 1.10. The number of thioether (sulfide) groups is 1. The SMILES string of the molecule is Cc1ccc(C)c(CSC(C)C)c1. The minimum absolute atomic E-state index is 0.722. The van der Waals surface area contributed by atoms with E-state index in [-0.39, 0.29) is 0 Å². The van der Waals surface area contributed by atoms with Gasteiger partial charge in [0.15, 0.2) is 0 Å². The third-order valence-corrected chi connectivity index (χ3v) is 3.22. The molecule has 0 aliphatic rings. The van der Waals surface area contributed by atoms with E-state index >= 15 is 0 Å². The lowest BCUT2D eigenvalue weighted by Gasteiger charge is -2.08. The van der Waals surface area contributed by atoms with E-state index in [1.165, 1.54) is 16.7 Å². The van der Waals surface area contributed by atoms with Gasteiger partial charge in [-0.2, -0.15) is 11.8 Å². The molecule has 0 N–H and O–H groups in total. The third kappa shape index (κ3) is 3.43. The molecule has 0 aliphatic heterocycles. The molecule has 0 atom stereocenters. The van der Waals surface area contributed by atoms with Crippen LogP contribution in [0.15, 0.2) is 18.2 Å². The number of rotatable bonds is 3. The first kappa shape index (κ1) is 10.6. The smallest absolute Gasteiger partial charge is 0.0189 e. The molecule has 0 aromatic heterocycles. The quantitative estimate of drug-likeness (QED) is 0.702. The van der Waals surface area contributed by atoms with Crippen molar-refractivity contribution in [2.45, 2.75) is 38.7 Å². The van der Waals surface area contributed by atoms with Crippen molar-refractivity contribution in [2.75, 3.05) is 0 Å². The van der Waals surface area contributed by atoms with E-state index in [0.29, 0.717) is 0 Å². The van der Waals surface area contributed by atoms with Crippen LogP contribution in [0.25, 0.3) is 0 Å². The standard InChI is InChI=1S/C12H18S/c1-9(2)13-8-12-7-10(3)5-6-11(12)4/h5-7,9H,8H2,1-4H3. The highest BCUT2D eigenvalue weighted by atomic mass is 32.2. The first-order valence-electron chi connectivity index (χ1n) is 4.77. The average molecular weight is 194 g/mol. The fourth-order valence-corrected chi connectivity index (χ4v) is 2.04. The van der Waals surface area contributed by atoms with Gasteiger partial charge in [-0.15, -0.1) is 0 Å². The fourth-order valence-electron chi connectivity index (χ4n) is 1.21. The summed E-state index contributed by atoms with van der Waals surface area (Å²) < 4.78 is 0. The van der Waals surface area contributed by atoms with Gasteiger partial charge in [-0.25, -0.2) is 0 Å². The van der Waals surface area contributed by atoms with Crippen LogP contribution in [0.1, 0.15) is 30.5 Å². The molecule has 1 aromatic rings. The zero-order valence-corrected chi connectivity index (χ0v) is 9.74. The molecule has 0 amide bonds. The van der Waals surface area contributed by atoms with E-state index in [2.05, 4.69) is 45.9 Å². The Labute approximate surface area is 85.7 Å². The maximum Gasteiger partial charge on any atom is 0.0189 e. The van der Waals surface area contributed by atoms with Crippen LogP contribution in [-0.2, 0) is 5.75 Å². The summed E-state index contributed by atoms with van der Waals surface area (Å²) in [5.41, 5.74) is 4.27. The fraction of sp³-hybridized carbons (Fsp3) is 0.500. The topological polar surface area (TPSA) is 0 Å². The molecule has 0 nitrogen and oxygen atoms in total. The summed E-state index contributed by atoms with van der Waals surface area (Å²) in [4.78, 5) is 0. The highest BCUT2D eigenvalue weighted by molar-refractivity contribution is 7.99. The van der Waals surface area contributed by atoms with Crippen molar-refractivity contribution < 1.29 is 0 Å². The van der Waals surface area contributed by atoms with Gasteiger partial charge in [0.2, 0.25) is 0 Å². The molecule has 0 heterocycles. The molecule has 1 heteroatoms. The number of aryl methyl sites for hydroxylation is 2. The minimum Gasteiger partial charge on any atom is -0.154 e. The summed E-state index contributed by atoms with van der Waals surface area (Å²) in [6.45, 7) is 8.84. The van der Waals surface area contributed by atoms with Crippen LogP contribution in [0.3, 0.4) is 0 Å². The van der Waals surface area contributed by atoms with Crippen molar-refractivity contribution in [1.82, 2.24) is 0 Å². The Bertz CT molecular complexity index is 276. The van der Waals surface area contributed by atoms with E-state index in [0.717, 1.165) is 11.0 Å². The molecule has 0 saturated heterocycles. The van der Waals surface area contributed by atoms with E-state index in [9.17, 15) is 0 Å². The van der Waals surface area contributed by atoms with Gasteiger partial charge in [0.25, 0.3) is 0 Å². The molecule has 0 unspecified atom stereocenters. The molecule has 13 heavy (non-hydrogen) atoms. The Kier molecular flexibility index (Phi) is 3.86. The number of hydrogen-bond acceptors (Lipinski definition) is 1. The number of hydrogen-bond donors (Lipinski definition) is 0. The Morgan fingerprint density at radius 2 is 1.92 bits per heavy atom. The highest BCUT2D eigenvalue weighted by Gasteiger charge is 2.00. The Hall–Kier alpha value is -0.430. The normalized spacial score (nSPS) is 10.8. The van der Waals surface area contributed by atoms with Crippen LogP contribution in [0.5, 0.6) is 0 Å². The molecule has 72 valence electrons. The molecule has 0 bridgehead atoms. The molecular formula is C12H18S. The summed E-state index contributed by atoms with van der Waals surface area (Å²) in [6, 6.07) is 6.69. The van der Waals surface area contributed by atoms with E-state index in [1.807, 2.05) is 11.8 Å². The molecule has 0 spiro atoms. The zero-order valence-electron chi connectivity index (χ0n) is 8.92. The van der Waals surface area contributed by atoms with Gasteiger partial charge in [-0.3, -0.25) is 0 Å². The molecule has 0 radical (unpaired) electrons. The van der Waals surface area contributed by atoms with E-state index < -0.39 is 0 Å². The lowest BCUT2D eigenvalue weighted by Crippen LogP contribution is -1.92. The van der Waals surface area contributed by atoms with Crippen molar-refractivity contribution in [2.24, 2.45) is 0 Å². The summed E-state index contributed by atoms with van der Waals surface area (Å²) in [6.07, 6.45) is 0. The maximum absolute atomic E-state index is 2.30. The minimum atomic E-state index is 0.722. The van der Waals surface area contributed by atoms with Gasteiger partial charge in [-0.1, -0.05) is 37.6 Å². The second-order valence-corrected chi connectivity index (χ2v) is 5.35. The van der Waals surface area contributed by atoms with Crippen molar-refractivity contribution >= 4 is 11.8 Å². The highest BCUT2D eigenvalue weighted by Crippen LogP contribution is 2.20. The van der Waals surface area contributed by atoms with Gasteiger partial charge in [-0.05, 0) is 30.2 Å². The summed E-state index contributed by atoms with van der Waals surface area (Å²) in [7, 11) is 0. The number of benzene rings is 1. The van der Waals surface area contributed by atoms with Crippen LogP contribution in [-0.4, -0.2) is 5.25 Å². The predicted molar refractivity (Wildman–Crippen MR) is 62.3 cm³/mol. The largest absolute Gasteiger partial charge is 0.154 e. The van der Waals surface area contributed by atoms with Gasteiger partial charge < -0.3 is 0 Å². The molecule has 1 rings (SSSR count). The molecular weight excluding hydrogens is 176 g/mol. The summed E-state index contributed by atoms with van der Waals surface area (Å²) >= 11 is 2.01. The van der Waals surface area contributed by atoms with Crippen molar-refractivity contribution in [3.05, 3.63) is 34.9 Å². The first-order chi connectivity index (χ1) is 6.09. The van der Waals surface area contributed by atoms with Crippen LogP contribution >= 0.6 is 11.8 Å². The molecule has 0 aliphatic carbocycles. The van der Waals surface area contributed by atoms with Crippen LogP contribution in [0, 0.1) is 13.8 Å². The van der Waals surface area contributed by atoms with Crippen molar-refractivity contribution in [3.63, 3.8) is 0 Å². The zero-order chi connectivity index (χ0) is 9.84. The van der Waals surface area contributed by atoms with Crippen molar-refractivity contribution in [1.29, 1.82) is 0 Å². The Balaban J connectivity index is 2.70. The predicted octanol–water partition coefficient (Wildman–Crippen LogP) is 3.95. The molecule has 0 saturated carbocycles. The van der Waals surface area contributed by atoms with Gasteiger partial charge >= 0.3 is 0 Å². The molecule has 1 aromatic carbocycles. The van der Waals surface area contributed by atoms with E-state index in [4.69, 9.17) is 0 Å². The van der Waals surface area contributed by atoms with Gasteiger partial charge in [0.1, 0.15) is 0 Å². The second kappa shape index (κ2) is 4.71. The summed E-state index contributed by atoms with van der Waals surface area (Å²) in [5, 5.41) is 0.722. The third-order valence-electron chi connectivity index (χ3n) is 2.08. The van der Waals surface area contributed by atoms with Crippen LogP contribution in [0.2, 0.25) is 0 Å². The monoisotopic (exact) mass is 194 g/mol. The Morgan fingerprint density at radius 3 is 2.54 bits per heavy atom. The first-order valence-corrected chi connectivity index (χ1v) is 5.82. The lowest BCUT2D eigenvalue weighted by atomic mass is 10.1. The average Bonchev–Trinajstić information content (AvgIpc) is 2.06. The Morgan fingerprint density at radius 1 is 1.23 bits per heavy atom. The van der Waals surface area contributed by atoms with E-state index in [1.54, 1.807) is 0 Å². The maximum atomic E-state index is 2.30. The second-order valence-electron chi connectivity index (χ2n) is 3.79. The van der Waals surface area contributed by atoms with Gasteiger partial charge in [0.05, 0.1) is 0 Å². The molecule has 0 fully saturated rings. The van der Waals surface area contributed by atoms with Crippen LogP contribution < -0.4 is 0 Å².